The predicted octanol–water partition coefficient (Wildman–Crippen LogP) is 1.47. The van der Waals surface area contributed by atoms with Crippen LogP contribution in [0.15, 0.2) is 24.3 Å². The van der Waals surface area contributed by atoms with Crippen molar-refractivity contribution in [2.75, 3.05) is 13.2 Å². The lowest BCUT2D eigenvalue weighted by Gasteiger charge is -2.18. The van der Waals surface area contributed by atoms with Crippen molar-refractivity contribution in [3.63, 3.8) is 0 Å². The number of ether oxygens (including phenoxy) is 1. The van der Waals surface area contributed by atoms with Gasteiger partial charge in [0.2, 0.25) is 11.8 Å². The van der Waals surface area contributed by atoms with Gasteiger partial charge in [0.15, 0.2) is 0 Å². The van der Waals surface area contributed by atoms with Crippen LogP contribution in [0.4, 0.5) is 0 Å². The topological polar surface area (TPSA) is 107 Å². The molecule has 0 aliphatic carbocycles. The fourth-order valence-corrected chi connectivity index (χ4v) is 2.08. The molecule has 0 fully saturated rings. The molecule has 0 aliphatic heterocycles. The van der Waals surface area contributed by atoms with Gasteiger partial charge >= 0.3 is 0 Å². The Morgan fingerprint density at radius 1 is 1.30 bits per heavy atom. The molecule has 1 aromatic carbocycles. The zero-order valence-electron chi connectivity index (χ0n) is 13.6. The van der Waals surface area contributed by atoms with Crippen LogP contribution in [0.2, 0.25) is 0 Å². The van der Waals surface area contributed by atoms with E-state index in [-0.39, 0.29) is 37.4 Å². The van der Waals surface area contributed by atoms with Crippen LogP contribution in [-0.4, -0.2) is 31.0 Å². The number of hydrogen-bond donors (Lipinski definition) is 3. The van der Waals surface area contributed by atoms with Crippen molar-refractivity contribution in [3.8, 4) is 5.75 Å². The van der Waals surface area contributed by atoms with E-state index in [0.29, 0.717) is 23.8 Å². The number of nitrogens with two attached hydrogens (primary N) is 2. The molecule has 0 bridgehead atoms. The average Bonchev–Trinajstić information content (AvgIpc) is 2.46. The first kappa shape index (κ1) is 21.2. The van der Waals surface area contributed by atoms with Crippen LogP contribution >= 0.6 is 12.4 Å². The first-order valence-corrected chi connectivity index (χ1v) is 7.44. The van der Waals surface area contributed by atoms with Crippen molar-refractivity contribution in [3.05, 3.63) is 29.8 Å². The Labute approximate surface area is 143 Å². The lowest BCUT2D eigenvalue weighted by atomic mass is 10.0. The van der Waals surface area contributed by atoms with E-state index >= 15 is 0 Å². The van der Waals surface area contributed by atoms with Crippen LogP contribution in [0.1, 0.15) is 37.0 Å². The number of rotatable bonds is 9. The first-order valence-electron chi connectivity index (χ1n) is 7.44. The Bertz CT molecular complexity index is 509. The molecule has 0 spiro atoms. The largest absolute Gasteiger partial charge is 0.493 e. The lowest BCUT2D eigenvalue weighted by Crippen LogP contribution is -2.41. The third-order valence-electron chi connectivity index (χ3n) is 3.12. The van der Waals surface area contributed by atoms with Crippen molar-refractivity contribution < 1.29 is 14.3 Å². The number of carbonyl (C=O) groups is 2. The van der Waals surface area contributed by atoms with Crippen molar-refractivity contribution >= 4 is 24.2 Å². The smallest absolute Gasteiger partial charge is 0.248 e. The summed E-state index contributed by atoms with van der Waals surface area (Å²) in [5.74, 6) is 0.383. The normalized spacial score (nSPS) is 11.5. The maximum atomic E-state index is 11.8. The molecule has 130 valence electrons. The molecule has 1 atom stereocenters. The molecule has 2 amide bonds. The molecular weight excluding hydrogens is 318 g/mol. The van der Waals surface area contributed by atoms with Crippen LogP contribution in [0, 0.1) is 5.92 Å². The van der Waals surface area contributed by atoms with E-state index in [0.717, 1.165) is 6.42 Å². The Hall–Kier alpha value is -1.79. The van der Waals surface area contributed by atoms with Crippen molar-refractivity contribution in [2.24, 2.45) is 17.4 Å². The second kappa shape index (κ2) is 10.9. The number of nitrogens with one attached hydrogen (secondary N) is 1. The second-order valence-corrected chi connectivity index (χ2v) is 5.62. The van der Waals surface area contributed by atoms with E-state index in [2.05, 4.69) is 19.2 Å². The fraction of sp³-hybridized carbons (Fsp3) is 0.500. The highest BCUT2D eigenvalue weighted by atomic mass is 35.5. The minimum atomic E-state index is -0.511. The van der Waals surface area contributed by atoms with Gasteiger partial charge in [-0.1, -0.05) is 19.9 Å². The SMILES string of the molecule is CC(C)CC(CN)NC(=O)CCOc1cccc(C(N)=O)c1.Cl. The maximum absolute atomic E-state index is 11.8. The van der Waals surface area contributed by atoms with Gasteiger partial charge in [0, 0.05) is 18.2 Å². The molecule has 0 radical (unpaired) electrons. The summed E-state index contributed by atoms with van der Waals surface area (Å²) in [6.45, 7) is 4.83. The molecule has 0 aliphatic rings. The highest BCUT2D eigenvalue weighted by Crippen LogP contribution is 2.13. The van der Waals surface area contributed by atoms with E-state index < -0.39 is 5.91 Å². The Morgan fingerprint density at radius 2 is 2.00 bits per heavy atom. The van der Waals surface area contributed by atoms with E-state index in [1.54, 1.807) is 24.3 Å². The van der Waals surface area contributed by atoms with Gasteiger partial charge in [0.25, 0.3) is 0 Å². The zero-order valence-corrected chi connectivity index (χ0v) is 14.4. The number of hydrogen-bond acceptors (Lipinski definition) is 4. The second-order valence-electron chi connectivity index (χ2n) is 5.62. The van der Waals surface area contributed by atoms with Gasteiger partial charge in [0.05, 0.1) is 13.0 Å². The van der Waals surface area contributed by atoms with Gasteiger partial charge < -0.3 is 21.5 Å². The molecule has 5 N–H and O–H groups in total. The van der Waals surface area contributed by atoms with Crippen molar-refractivity contribution in [1.82, 2.24) is 5.32 Å². The molecule has 1 aromatic rings. The van der Waals surface area contributed by atoms with Gasteiger partial charge in [-0.2, -0.15) is 0 Å². The van der Waals surface area contributed by atoms with E-state index in [4.69, 9.17) is 16.2 Å². The van der Waals surface area contributed by atoms with Gasteiger partial charge in [0.1, 0.15) is 5.75 Å². The summed E-state index contributed by atoms with van der Waals surface area (Å²) in [5, 5.41) is 2.90. The standard InChI is InChI=1S/C16H25N3O3.ClH/c1-11(2)8-13(10-17)19-15(20)6-7-22-14-5-3-4-12(9-14)16(18)21;/h3-5,9,11,13H,6-8,10,17H2,1-2H3,(H2,18,21)(H,19,20);1H. The summed E-state index contributed by atoms with van der Waals surface area (Å²) in [7, 11) is 0. The number of carbonyl (C=O) groups excluding carboxylic acids is 2. The van der Waals surface area contributed by atoms with E-state index in [9.17, 15) is 9.59 Å². The van der Waals surface area contributed by atoms with E-state index in [1.165, 1.54) is 0 Å². The molecule has 7 heteroatoms. The highest BCUT2D eigenvalue weighted by Gasteiger charge is 2.12. The monoisotopic (exact) mass is 343 g/mol. The molecule has 0 saturated carbocycles. The van der Waals surface area contributed by atoms with Crippen LogP contribution in [0.3, 0.4) is 0 Å². The summed E-state index contributed by atoms with van der Waals surface area (Å²) in [5.41, 5.74) is 11.2. The number of benzene rings is 1. The van der Waals surface area contributed by atoms with Crippen molar-refractivity contribution in [1.29, 1.82) is 0 Å². The van der Waals surface area contributed by atoms with Gasteiger partial charge in [-0.05, 0) is 30.5 Å². The third-order valence-corrected chi connectivity index (χ3v) is 3.12. The highest BCUT2D eigenvalue weighted by molar-refractivity contribution is 5.93. The molecule has 1 unspecified atom stereocenters. The Balaban J connectivity index is 0.00000484. The third kappa shape index (κ3) is 8.42. The molecule has 1 rings (SSSR count). The average molecular weight is 344 g/mol. The molecule has 0 aromatic heterocycles. The van der Waals surface area contributed by atoms with E-state index in [1.807, 2.05) is 0 Å². The molecule has 0 saturated heterocycles. The molecule has 0 heterocycles. The Kier molecular flexibility index (Phi) is 10.0. The number of halogens is 1. The summed E-state index contributed by atoms with van der Waals surface area (Å²) in [4.78, 5) is 22.9. The van der Waals surface area contributed by atoms with Crippen molar-refractivity contribution in [2.45, 2.75) is 32.7 Å². The zero-order chi connectivity index (χ0) is 16.5. The molecular formula is C16H26ClN3O3. The summed E-state index contributed by atoms with van der Waals surface area (Å²) in [6, 6.07) is 6.56. The summed E-state index contributed by atoms with van der Waals surface area (Å²) in [6.07, 6.45) is 1.08. The quantitative estimate of drug-likeness (QED) is 0.631. The summed E-state index contributed by atoms with van der Waals surface area (Å²) < 4.78 is 5.46. The summed E-state index contributed by atoms with van der Waals surface area (Å²) >= 11 is 0. The number of primary amides is 1. The number of amides is 2. The van der Waals surface area contributed by atoms with Crippen LogP contribution < -0.4 is 21.5 Å². The van der Waals surface area contributed by atoms with Gasteiger partial charge in [-0.25, -0.2) is 0 Å². The molecule has 23 heavy (non-hydrogen) atoms. The van der Waals surface area contributed by atoms with Gasteiger partial charge in [-0.15, -0.1) is 12.4 Å². The lowest BCUT2D eigenvalue weighted by molar-refractivity contribution is -0.122. The minimum Gasteiger partial charge on any atom is -0.493 e. The fourth-order valence-electron chi connectivity index (χ4n) is 2.08. The first-order chi connectivity index (χ1) is 10.4. The predicted molar refractivity (Wildman–Crippen MR) is 92.8 cm³/mol. The molecule has 6 nitrogen and oxygen atoms in total. The van der Waals surface area contributed by atoms with Gasteiger partial charge in [-0.3, -0.25) is 9.59 Å². The van der Waals surface area contributed by atoms with Crippen LogP contribution in [-0.2, 0) is 4.79 Å². The Morgan fingerprint density at radius 3 is 2.57 bits per heavy atom. The minimum absolute atomic E-state index is 0. The van der Waals surface area contributed by atoms with Crippen LogP contribution in [0.25, 0.3) is 0 Å². The van der Waals surface area contributed by atoms with Crippen LogP contribution in [0.5, 0.6) is 5.75 Å². The maximum Gasteiger partial charge on any atom is 0.248 e.